The lowest BCUT2D eigenvalue weighted by atomic mass is 10.0. The highest BCUT2D eigenvalue weighted by atomic mass is 32.2. The molecule has 3 aromatic rings. The molecular formula is C20H17F4N5O5S. The van der Waals surface area contributed by atoms with Crippen molar-refractivity contribution in [1.29, 1.82) is 0 Å². The number of hydrogen-bond acceptors (Lipinski definition) is 9. The van der Waals surface area contributed by atoms with Gasteiger partial charge in [-0.1, -0.05) is 0 Å². The molecule has 35 heavy (non-hydrogen) atoms. The Morgan fingerprint density at radius 1 is 1.26 bits per heavy atom. The van der Waals surface area contributed by atoms with E-state index in [-0.39, 0.29) is 42.2 Å². The summed E-state index contributed by atoms with van der Waals surface area (Å²) in [7, 11) is -6.03. The second-order valence-electron chi connectivity index (χ2n) is 8.11. The highest BCUT2D eigenvalue weighted by Gasteiger charge is 2.68. The molecule has 1 aliphatic carbocycles. The van der Waals surface area contributed by atoms with E-state index >= 15 is 4.39 Å². The number of pyridine rings is 1. The SMILES string of the molecule is CCOC(=O)c1c(N2CC3(F)CC3C2c2cccnc2OS(=O)(=O)C(F)(F)F)nn2cccnc12. The zero-order valence-corrected chi connectivity index (χ0v) is 18.8. The first-order chi connectivity index (χ1) is 16.5. The van der Waals surface area contributed by atoms with Crippen LogP contribution in [0.4, 0.5) is 23.4 Å². The van der Waals surface area contributed by atoms with Crippen molar-refractivity contribution in [2.45, 2.75) is 30.6 Å². The normalized spacial score (nSPS) is 23.9. The fraction of sp³-hybridized carbons (Fsp3) is 0.400. The largest absolute Gasteiger partial charge is 0.534 e. The third-order valence-electron chi connectivity index (χ3n) is 5.93. The first-order valence-corrected chi connectivity index (χ1v) is 11.8. The lowest BCUT2D eigenvalue weighted by molar-refractivity contribution is -0.0501. The van der Waals surface area contributed by atoms with E-state index in [0.29, 0.717) is 0 Å². The second-order valence-corrected chi connectivity index (χ2v) is 9.64. The first-order valence-electron chi connectivity index (χ1n) is 10.4. The summed E-state index contributed by atoms with van der Waals surface area (Å²) in [5.41, 5.74) is -7.44. The van der Waals surface area contributed by atoms with Gasteiger partial charge in [0.15, 0.2) is 11.5 Å². The summed E-state index contributed by atoms with van der Waals surface area (Å²) in [5.74, 6) is -2.35. The first kappa shape index (κ1) is 23.3. The van der Waals surface area contributed by atoms with E-state index in [0.717, 1.165) is 6.20 Å². The van der Waals surface area contributed by atoms with Crippen molar-refractivity contribution >= 4 is 27.6 Å². The molecule has 186 valence electrons. The van der Waals surface area contributed by atoms with Crippen LogP contribution in [-0.4, -0.2) is 58.3 Å². The molecule has 0 radical (unpaired) electrons. The van der Waals surface area contributed by atoms with Crippen molar-refractivity contribution < 1.29 is 39.7 Å². The van der Waals surface area contributed by atoms with Crippen LogP contribution < -0.4 is 9.08 Å². The number of alkyl halides is 4. The van der Waals surface area contributed by atoms with Crippen molar-refractivity contribution in [3.63, 3.8) is 0 Å². The van der Waals surface area contributed by atoms with E-state index in [1.54, 1.807) is 13.0 Å². The summed E-state index contributed by atoms with van der Waals surface area (Å²) >= 11 is 0. The van der Waals surface area contributed by atoms with Crippen molar-refractivity contribution in [2.75, 3.05) is 18.1 Å². The van der Waals surface area contributed by atoms with Gasteiger partial charge >= 0.3 is 21.6 Å². The molecular weight excluding hydrogens is 498 g/mol. The molecule has 0 N–H and O–H groups in total. The van der Waals surface area contributed by atoms with Crippen molar-refractivity contribution in [1.82, 2.24) is 19.6 Å². The molecule has 15 heteroatoms. The van der Waals surface area contributed by atoms with Gasteiger partial charge in [-0.05, 0) is 31.5 Å². The molecule has 3 aromatic heterocycles. The van der Waals surface area contributed by atoms with Crippen molar-refractivity contribution in [2.24, 2.45) is 5.92 Å². The summed E-state index contributed by atoms with van der Waals surface area (Å²) < 4.78 is 88.4. The minimum atomic E-state index is -6.03. The van der Waals surface area contributed by atoms with Gasteiger partial charge in [0.1, 0.15) is 11.2 Å². The lowest BCUT2D eigenvalue weighted by Crippen LogP contribution is -2.32. The van der Waals surface area contributed by atoms with Gasteiger partial charge in [-0.3, -0.25) is 0 Å². The lowest BCUT2D eigenvalue weighted by Gasteiger charge is -2.28. The van der Waals surface area contributed by atoms with Crippen LogP contribution in [0.15, 0.2) is 36.8 Å². The number of rotatable bonds is 6. The van der Waals surface area contributed by atoms with Gasteiger partial charge in [0, 0.05) is 30.1 Å². The summed E-state index contributed by atoms with van der Waals surface area (Å²) in [6.07, 6.45) is 4.07. The van der Waals surface area contributed by atoms with Crippen LogP contribution in [0, 0.1) is 5.92 Å². The molecule has 1 aliphatic heterocycles. The Morgan fingerprint density at radius 3 is 2.71 bits per heavy atom. The number of fused-ring (bicyclic) bond motifs is 2. The van der Waals surface area contributed by atoms with Gasteiger partial charge in [-0.2, -0.15) is 21.6 Å². The van der Waals surface area contributed by atoms with E-state index in [1.807, 2.05) is 0 Å². The van der Waals surface area contributed by atoms with Gasteiger partial charge < -0.3 is 13.8 Å². The fourth-order valence-corrected chi connectivity index (χ4v) is 4.83. The number of aromatic nitrogens is 4. The van der Waals surface area contributed by atoms with Crippen LogP contribution in [0.3, 0.4) is 0 Å². The topological polar surface area (TPSA) is 116 Å². The Morgan fingerprint density at radius 2 is 2.00 bits per heavy atom. The molecule has 0 bridgehead atoms. The number of esters is 1. The molecule has 3 atom stereocenters. The number of piperidine rings is 1. The van der Waals surface area contributed by atoms with Crippen LogP contribution in [0.1, 0.15) is 35.3 Å². The third-order valence-corrected chi connectivity index (χ3v) is 6.88. The molecule has 5 rings (SSSR count). The molecule has 3 unspecified atom stereocenters. The summed E-state index contributed by atoms with van der Waals surface area (Å²) in [5, 5.41) is 4.36. The molecule has 2 fully saturated rings. The maximum absolute atomic E-state index is 15.4. The van der Waals surface area contributed by atoms with Crippen LogP contribution in [0.2, 0.25) is 0 Å². The number of anilines is 1. The van der Waals surface area contributed by atoms with E-state index < -0.39 is 45.1 Å². The average molecular weight is 515 g/mol. The van der Waals surface area contributed by atoms with E-state index in [9.17, 15) is 26.4 Å². The zero-order valence-electron chi connectivity index (χ0n) is 17.9. The molecule has 10 nitrogen and oxygen atoms in total. The monoisotopic (exact) mass is 515 g/mol. The van der Waals surface area contributed by atoms with E-state index in [1.165, 1.54) is 33.9 Å². The van der Waals surface area contributed by atoms with Crippen LogP contribution in [-0.2, 0) is 14.9 Å². The number of halogens is 4. The highest BCUT2D eigenvalue weighted by molar-refractivity contribution is 7.87. The van der Waals surface area contributed by atoms with E-state index in [4.69, 9.17) is 4.74 Å². The van der Waals surface area contributed by atoms with Crippen LogP contribution in [0.5, 0.6) is 5.88 Å². The number of ether oxygens (including phenoxy) is 1. The molecule has 1 saturated heterocycles. The van der Waals surface area contributed by atoms with Gasteiger partial charge in [-0.15, -0.1) is 5.10 Å². The average Bonchev–Trinajstić information content (AvgIpc) is 3.15. The van der Waals surface area contributed by atoms with Gasteiger partial charge in [0.25, 0.3) is 0 Å². The van der Waals surface area contributed by atoms with Crippen molar-refractivity contribution in [3.8, 4) is 5.88 Å². The van der Waals surface area contributed by atoms with Gasteiger partial charge in [-0.25, -0.2) is 23.7 Å². The Kier molecular flexibility index (Phi) is 5.16. The van der Waals surface area contributed by atoms with Gasteiger partial charge in [0.05, 0.1) is 19.2 Å². The Bertz CT molecular complexity index is 1430. The predicted octanol–water partition coefficient (Wildman–Crippen LogP) is 2.82. The molecule has 1 saturated carbocycles. The molecule has 4 heterocycles. The summed E-state index contributed by atoms with van der Waals surface area (Å²) in [6, 6.07) is 3.20. The number of nitrogens with zero attached hydrogens (tertiary/aromatic N) is 5. The minimum absolute atomic E-state index is 0.00939. The Hall–Kier alpha value is -3.49. The summed E-state index contributed by atoms with van der Waals surface area (Å²) in [6.45, 7) is 1.39. The minimum Gasteiger partial charge on any atom is -0.462 e. The number of carbonyl (C=O) groups excluding carboxylic acids is 1. The molecule has 0 spiro atoms. The van der Waals surface area contributed by atoms with Crippen LogP contribution in [0.25, 0.3) is 5.65 Å². The second kappa shape index (κ2) is 7.76. The predicted molar refractivity (Wildman–Crippen MR) is 111 cm³/mol. The van der Waals surface area contributed by atoms with E-state index in [2.05, 4.69) is 19.2 Å². The maximum Gasteiger partial charge on any atom is 0.534 e. The fourth-order valence-electron chi connectivity index (χ4n) is 4.38. The quantitative estimate of drug-likeness (QED) is 0.211. The Balaban J connectivity index is 1.64. The molecule has 2 aliphatic rings. The summed E-state index contributed by atoms with van der Waals surface area (Å²) in [4.78, 5) is 22.0. The molecule has 0 amide bonds. The standard InChI is InChI=1S/C20H17F4N5O5S/c1-2-33-18(30)13-15-25-7-4-8-29(15)27-16(13)28-10-19(21)9-12(19)14(28)11-5-3-6-26-17(11)34-35(31,32)20(22,23)24/h3-8,12,14H,2,9-10H2,1H3. The third kappa shape index (κ3) is 3.73. The zero-order chi connectivity index (χ0) is 25.2. The molecule has 0 aromatic carbocycles. The highest BCUT2D eigenvalue weighted by Crippen LogP contribution is 2.63. The number of carbonyl (C=O) groups is 1. The smallest absolute Gasteiger partial charge is 0.462 e. The van der Waals surface area contributed by atoms with Gasteiger partial charge in [0.2, 0.25) is 5.88 Å². The maximum atomic E-state index is 15.4. The number of hydrogen-bond donors (Lipinski definition) is 0. The Labute approximate surface area is 195 Å². The van der Waals surface area contributed by atoms with Crippen molar-refractivity contribution in [3.05, 3.63) is 47.9 Å². The van der Waals surface area contributed by atoms with Crippen LogP contribution >= 0.6 is 0 Å².